The molecular weight excluding hydrogens is 468 g/mol. The molecule has 2 rings (SSSR count). The summed E-state index contributed by atoms with van der Waals surface area (Å²) in [7, 11) is -3.07. The van der Waals surface area contributed by atoms with E-state index in [1.807, 2.05) is 17.9 Å². The van der Waals surface area contributed by atoms with Gasteiger partial charge in [0.2, 0.25) is 0 Å². The fraction of sp³-hybridized carbons (Fsp3) is 0.611. The topological polar surface area (TPSA) is 61.8 Å². The van der Waals surface area contributed by atoms with Gasteiger partial charge in [-0.2, -0.15) is 0 Å². The second kappa shape index (κ2) is 9.87. The van der Waals surface area contributed by atoms with E-state index in [2.05, 4.69) is 10.3 Å². The van der Waals surface area contributed by atoms with Gasteiger partial charge in [0.1, 0.15) is 5.82 Å². The molecular formula is C18H29FIN3O2S. The van der Waals surface area contributed by atoms with Crippen LogP contribution in [0.15, 0.2) is 29.3 Å². The van der Waals surface area contributed by atoms with Gasteiger partial charge in [-0.25, -0.2) is 12.8 Å². The summed E-state index contributed by atoms with van der Waals surface area (Å²) >= 11 is 0. The Labute approximate surface area is 173 Å². The maximum atomic E-state index is 13.2. The lowest BCUT2D eigenvalue weighted by Crippen LogP contribution is -2.57. The minimum atomic E-state index is -3.07. The molecule has 5 nitrogen and oxygen atoms in total. The Hall–Kier alpha value is -0.900. The minimum absolute atomic E-state index is 0. The zero-order chi connectivity index (χ0) is 18.5. The molecule has 8 heteroatoms. The Bertz CT molecular complexity index is 723. The number of benzene rings is 1. The first-order valence-electron chi connectivity index (χ1n) is 8.75. The molecule has 0 radical (unpaired) electrons. The first-order valence-corrected chi connectivity index (χ1v) is 10.4. The Morgan fingerprint density at radius 1 is 1.38 bits per heavy atom. The van der Waals surface area contributed by atoms with Crippen LogP contribution in [-0.2, 0) is 16.3 Å². The summed E-state index contributed by atoms with van der Waals surface area (Å²) in [6, 6.07) is 6.62. The Kier molecular flexibility index (Phi) is 8.78. The number of aliphatic imine (C=N–C) groups is 1. The van der Waals surface area contributed by atoms with Gasteiger partial charge in [0.25, 0.3) is 0 Å². The number of halogens is 2. The SMILES string of the molecule is CCNC(=NCCCc1cccc(F)c1)N1CCS(=O)(=O)C(C)(C)C1.I. The first-order chi connectivity index (χ1) is 11.7. The van der Waals surface area contributed by atoms with E-state index in [4.69, 9.17) is 0 Å². The number of aryl methyl sites for hydroxylation is 1. The summed E-state index contributed by atoms with van der Waals surface area (Å²) in [5.74, 6) is 0.684. The average Bonchev–Trinajstić information content (AvgIpc) is 2.53. The van der Waals surface area contributed by atoms with Crippen LogP contribution in [0.2, 0.25) is 0 Å². The third-order valence-electron chi connectivity index (χ3n) is 4.45. The molecule has 1 aromatic carbocycles. The van der Waals surface area contributed by atoms with Crippen LogP contribution in [-0.4, -0.2) is 56.0 Å². The lowest BCUT2D eigenvalue weighted by molar-refractivity contribution is 0.353. The van der Waals surface area contributed by atoms with Crippen molar-refractivity contribution in [2.24, 2.45) is 4.99 Å². The summed E-state index contributed by atoms with van der Waals surface area (Å²) in [4.78, 5) is 6.65. The van der Waals surface area contributed by atoms with Gasteiger partial charge in [0.15, 0.2) is 15.8 Å². The van der Waals surface area contributed by atoms with Crippen LogP contribution in [0.1, 0.15) is 32.8 Å². The fourth-order valence-electron chi connectivity index (χ4n) is 2.91. The van der Waals surface area contributed by atoms with Gasteiger partial charge in [0, 0.05) is 26.2 Å². The van der Waals surface area contributed by atoms with Crippen molar-refractivity contribution in [3.05, 3.63) is 35.6 Å². The lowest BCUT2D eigenvalue weighted by atomic mass is 10.1. The second-order valence-corrected chi connectivity index (χ2v) is 9.71. The van der Waals surface area contributed by atoms with E-state index in [0.29, 0.717) is 19.6 Å². The van der Waals surface area contributed by atoms with E-state index in [1.165, 1.54) is 6.07 Å². The zero-order valence-corrected chi connectivity index (χ0v) is 18.8. The van der Waals surface area contributed by atoms with E-state index in [9.17, 15) is 12.8 Å². The Morgan fingerprint density at radius 2 is 2.12 bits per heavy atom. The molecule has 1 aliphatic heterocycles. The largest absolute Gasteiger partial charge is 0.357 e. The van der Waals surface area contributed by atoms with Crippen molar-refractivity contribution >= 4 is 39.8 Å². The molecule has 1 aliphatic rings. The summed E-state index contributed by atoms with van der Waals surface area (Å²) in [6.45, 7) is 7.76. The second-order valence-electron chi connectivity index (χ2n) is 6.97. The van der Waals surface area contributed by atoms with Crippen LogP contribution in [0.3, 0.4) is 0 Å². The third-order valence-corrected chi connectivity index (χ3v) is 6.99. The van der Waals surface area contributed by atoms with Gasteiger partial charge in [-0.15, -0.1) is 24.0 Å². The molecule has 0 saturated carbocycles. The van der Waals surface area contributed by atoms with Crippen molar-refractivity contribution in [3.63, 3.8) is 0 Å². The van der Waals surface area contributed by atoms with Crippen LogP contribution in [0.4, 0.5) is 4.39 Å². The summed E-state index contributed by atoms with van der Waals surface area (Å²) in [5.41, 5.74) is 0.963. The number of nitrogens with zero attached hydrogens (tertiary/aromatic N) is 2. The quantitative estimate of drug-likeness (QED) is 0.294. The zero-order valence-electron chi connectivity index (χ0n) is 15.7. The third kappa shape index (κ3) is 6.07. The van der Waals surface area contributed by atoms with Gasteiger partial charge >= 0.3 is 0 Å². The first kappa shape index (κ1) is 23.1. The van der Waals surface area contributed by atoms with Crippen molar-refractivity contribution < 1.29 is 12.8 Å². The molecule has 0 aromatic heterocycles. The van der Waals surface area contributed by atoms with Gasteiger partial charge in [-0.3, -0.25) is 4.99 Å². The Balaban J connectivity index is 0.00000338. The van der Waals surface area contributed by atoms with E-state index < -0.39 is 14.6 Å². The number of hydrogen-bond acceptors (Lipinski definition) is 3. The number of rotatable bonds is 5. The van der Waals surface area contributed by atoms with Crippen LogP contribution in [0, 0.1) is 5.82 Å². The normalized spacial score (nSPS) is 18.9. The number of nitrogens with one attached hydrogen (secondary N) is 1. The molecule has 0 amide bonds. The highest BCUT2D eigenvalue weighted by atomic mass is 127. The maximum absolute atomic E-state index is 13.2. The van der Waals surface area contributed by atoms with Crippen LogP contribution in [0.25, 0.3) is 0 Å². The van der Waals surface area contributed by atoms with Crippen LogP contribution in [0.5, 0.6) is 0 Å². The molecule has 0 atom stereocenters. The van der Waals surface area contributed by atoms with E-state index in [1.54, 1.807) is 26.0 Å². The summed E-state index contributed by atoms with van der Waals surface area (Å²) in [5, 5.41) is 3.25. The van der Waals surface area contributed by atoms with Crippen molar-refractivity contribution in [2.45, 2.75) is 38.4 Å². The highest BCUT2D eigenvalue weighted by Gasteiger charge is 2.40. The number of hydrogen-bond donors (Lipinski definition) is 1. The maximum Gasteiger partial charge on any atom is 0.193 e. The van der Waals surface area contributed by atoms with E-state index in [-0.39, 0.29) is 35.5 Å². The predicted octanol–water partition coefficient (Wildman–Crippen LogP) is 2.85. The lowest BCUT2D eigenvalue weighted by Gasteiger charge is -2.39. The van der Waals surface area contributed by atoms with Gasteiger partial charge in [-0.05, 0) is 51.3 Å². The van der Waals surface area contributed by atoms with Crippen molar-refractivity contribution in [1.29, 1.82) is 0 Å². The molecule has 0 bridgehead atoms. The molecule has 1 N–H and O–H groups in total. The molecule has 0 spiro atoms. The molecule has 0 unspecified atom stereocenters. The predicted molar refractivity (Wildman–Crippen MR) is 116 cm³/mol. The van der Waals surface area contributed by atoms with Gasteiger partial charge in [-0.1, -0.05) is 12.1 Å². The van der Waals surface area contributed by atoms with Gasteiger partial charge in [0.05, 0.1) is 10.5 Å². The van der Waals surface area contributed by atoms with Gasteiger partial charge < -0.3 is 10.2 Å². The molecule has 148 valence electrons. The Morgan fingerprint density at radius 3 is 2.73 bits per heavy atom. The van der Waals surface area contributed by atoms with E-state index >= 15 is 0 Å². The van der Waals surface area contributed by atoms with Crippen LogP contribution >= 0.6 is 24.0 Å². The number of guanidine groups is 1. The molecule has 1 heterocycles. The number of sulfone groups is 1. The standard InChI is InChI=1S/C18H28FN3O2S.HI/c1-4-20-17(22-11-12-25(23,24)18(2,3)14-22)21-10-6-8-15-7-5-9-16(19)13-15;/h5,7,9,13H,4,6,8,10-12,14H2,1-3H3,(H,20,21);1H. The smallest absolute Gasteiger partial charge is 0.193 e. The molecule has 1 aromatic rings. The molecule has 1 fully saturated rings. The van der Waals surface area contributed by atoms with Crippen molar-refractivity contribution in [3.8, 4) is 0 Å². The van der Waals surface area contributed by atoms with Crippen molar-refractivity contribution in [2.75, 3.05) is 31.9 Å². The minimum Gasteiger partial charge on any atom is -0.357 e. The van der Waals surface area contributed by atoms with Crippen LogP contribution < -0.4 is 5.32 Å². The summed E-state index contributed by atoms with van der Waals surface area (Å²) < 4.78 is 36.7. The van der Waals surface area contributed by atoms with Crippen molar-refractivity contribution in [1.82, 2.24) is 10.2 Å². The van der Waals surface area contributed by atoms with E-state index in [0.717, 1.165) is 30.9 Å². The fourth-order valence-corrected chi connectivity index (χ4v) is 4.28. The molecule has 26 heavy (non-hydrogen) atoms. The highest BCUT2D eigenvalue weighted by molar-refractivity contribution is 14.0. The monoisotopic (exact) mass is 497 g/mol. The summed E-state index contributed by atoms with van der Waals surface area (Å²) in [6.07, 6.45) is 1.58. The molecule has 1 saturated heterocycles. The molecule has 0 aliphatic carbocycles. The highest BCUT2D eigenvalue weighted by Crippen LogP contribution is 2.23. The average molecular weight is 497 g/mol.